The van der Waals surface area contributed by atoms with Gasteiger partial charge in [0, 0.05) is 31.3 Å². The summed E-state index contributed by atoms with van der Waals surface area (Å²) < 4.78 is 36.3. The minimum Gasteiger partial charge on any atom is -0.481 e. The summed E-state index contributed by atoms with van der Waals surface area (Å²) in [4.78, 5) is 20.0. The van der Waals surface area contributed by atoms with Gasteiger partial charge >= 0.3 is 5.97 Å². The van der Waals surface area contributed by atoms with Gasteiger partial charge in [0.05, 0.1) is 23.2 Å². The van der Waals surface area contributed by atoms with E-state index in [0.717, 1.165) is 36.1 Å². The van der Waals surface area contributed by atoms with Crippen LogP contribution >= 0.6 is 0 Å². The van der Waals surface area contributed by atoms with Crippen molar-refractivity contribution in [3.63, 3.8) is 0 Å². The Balaban J connectivity index is 1.51. The molecule has 0 spiro atoms. The van der Waals surface area contributed by atoms with Gasteiger partial charge in [0.15, 0.2) is 11.6 Å². The van der Waals surface area contributed by atoms with Crippen LogP contribution in [0.15, 0.2) is 54.7 Å². The Morgan fingerprint density at radius 1 is 1.06 bits per heavy atom. The summed E-state index contributed by atoms with van der Waals surface area (Å²) in [7, 11) is 0. The Bertz CT molecular complexity index is 1380. The SMILES string of the molecule is O=C(O)CCc1ccc(Cn2c(-c3cccnc3OCC3CCCC3)nc3cc(F)c(F)cc32)cc1. The number of carboxylic acids is 1. The number of aryl methyl sites for hydroxylation is 1. The van der Waals surface area contributed by atoms with E-state index in [0.29, 0.717) is 53.8 Å². The molecule has 0 unspecified atom stereocenters. The van der Waals surface area contributed by atoms with Gasteiger partial charge in [-0.1, -0.05) is 37.1 Å². The van der Waals surface area contributed by atoms with Crippen molar-refractivity contribution < 1.29 is 23.4 Å². The highest BCUT2D eigenvalue weighted by Crippen LogP contribution is 2.33. The molecular weight excluding hydrogens is 464 g/mol. The van der Waals surface area contributed by atoms with Crippen LogP contribution in [-0.2, 0) is 17.8 Å². The van der Waals surface area contributed by atoms with Gasteiger partial charge in [-0.15, -0.1) is 0 Å². The lowest BCUT2D eigenvalue weighted by molar-refractivity contribution is -0.136. The summed E-state index contributed by atoms with van der Waals surface area (Å²) in [6, 6.07) is 13.5. The molecule has 1 N–H and O–H groups in total. The smallest absolute Gasteiger partial charge is 0.303 e. The standard InChI is InChI=1S/C28H27F2N3O3/c29-22-14-24-25(15-23(22)30)33(16-19-9-7-18(8-10-19)11-12-26(34)35)27(32-24)21-6-3-13-31-28(21)36-17-20-4-1-2-5-20/h3,6-10,13-15,20H,1-2,4-5,11-12,16-17H2,(H,34,35). The van der Waals surface area contributed by atoms with Crippen molar-refractivity contribution in [3.05, 3.63) is 77.5 Å². The van der Waals surface area contributed by atoms with Gasteiger partial charge in [-0.2, -0.15) is 0 Å². The van der Waals surface area contributed by atoms with Gasteiger partial charge in [-0.25, -0.2) is 18.7 Å². The Morgan fingerprint density at radius 2 is 1.78 bits per heavy atom. The van der Waals surface area contributed by atoms with E-state index in [-0.39, 0.29) is 6.42 Å². The van der Waals surface area contributed by atoms with Crippen LogP contribution in [0.25, 0.3) is 22.4 Å². The van der Waals surface area contributed by atoms with Crippen LogP contribution in [0.5, 0.6) is 5.88 Å². The molecule has 0 radical (unpaired) electrons. The molecule has 0 amide bonds. The molecule has 1 aliphatic carbocycles. The average Bonchev–Trinajstić information content (AvgIpc) is 3.51. The van der Waals surface area contributed by atoms with E-state index in [4.69, 9.17) is 9.84 Å². The third-order valence-electron chi connectivity index (χ3n) is 6.72. The van der Waals surface area contributed by atoms with Crippen LogP contribution in [0.4, 0.5) is 8.78 Å². The number of aliphatic carboxylic acids is 1. The molecule has 4 aromatic rings. The highest BCUT2D eigenvalue weighted by atomic mass is 19.2. The number of pyridine rings is 1. The van der Waals surface area contributed by atoms with E-state index in [1.807, 2.05) is 34.9 Å². The molecule has 2 heterocycles. The number of nitrogens with zero attached hydrogens (tertiary/aromatic N) is 3. The lowest BCUT2D eigenvalue weighted by atomic mass is 10.1. The fourth-order valence-corrected chi connectivity index (χ4v) is 4.78. The first-order valence-electron chi connectivity index (χ1n) is 12.2. The highest BCUT2D eigenvalue weighted by Gasteiger charge is 2.21. The number of ether oxygens (including phenoxy) is 1. The van der Waals surface area contributed by atoms with Crippen molar-refractivity contribution in [1.29, 1.82) is 0 Å². The number of carbonyl (C=O) groups is 1. The minimum atomic E-state index is -0.953. The number of fused-ring (bicyclic) bond motifs is 1. The Hall–Kier alpha value is -3.81. The summed E-state index contributed by atoms with van der Waals surface area (Å²) in [6.45, 7) is 0.929. The molecule has 0 saturated heterocycles. The van der Waals surface area contributed by atoms with E-state index in [1.165, 1.54) is 12.8 Å². The van der Waals surface area contributed by atoms with Gasteiger partial charge < -0.3 is 14.4 Å². The van der Waals surface area contributed by atoms with Crippen molar-refractivity contribution in [2.75, 3.05) is 6.61 Å². The molecule has 8 heteroatoms. The van der Waals surface area contributed by atoms with Crippen molar-refractivity contribution in [1.82, 2.24) is 14.5 Å². The molecule has 0 aliphatic heterocycles. The summed E-state index contributed by atoms with van der Waals surface area (Å²) in [5.41, 5.74) is 3.29. The molecule has 36 heavy (non-hydrogen) atoms. The third-order valence-corrected chi connectivity index (χ3v) is 6.72. The monoisotopic (exact) mass is 491 g/mol. The second-order valence-electron chi connectivity index (χ2n) is 9.30. The lowest BCUT2D eigenvalue weighted by Gasteiger charge is -2.15. The van der Waals surface area contributed by atoms with Crippen molar-refractivity contribution in [3.8, 4) is 17.3 Å². The van der Waals surface area contributed by atoms with E-state index < -0.39 is 17.6 Å². The van der Waals surface area contributed by atoms with Crippen molar-refractivity contribution >= 4 is 17.0 Å². The quantitative estimate of drug-likeness (QED) is 0.310. The molecule has 0 atom stereocenters. The predicted molar refractivity (Wildman–Crippen MR) is 132 cm³/mol. The zero-order valence-corrected chi connectivity index (χ0v) is 19.8. The van der Waals surface area contributed by atoms with Crippen LogP contribution in [0.3, 0.4) is 0 Å². The Labute approximate surface area is 207 Å². The molecule has 0 bridgehead atoms. The zero-order chi connectivity index (χ0) is 25.1. The number of carboxylic acid groups (broad SMARTS) is 1. The Kier molecular flexibility index (Phi) is 6.93. The third kappa shape index (κ3) is 5.22. The molecule has 186 valence electrons. The van der Waals surface area contributed by atoms with Crippen molar-refractivity contribution in [2.45, 2.75) is 45.1 Å². The number of imidazole rings is 1. The molecule has 5 rings (SSSR count). The second kappa shape index (κ2) is 10.4. The Morgan fingerprint density at radius 3 is 2.53 bits per heavy atom. The topological polar surface area (TPSA) is 77.2 Å². The first-order chi connectivity index (χ1) is 17.5. The summed E-state index contributed by atoms with van der Waals surface area (Å²) in [5.74, 6) is -1.27. The van der Waals surface area contributed by atoms with Crippen LogP contribution in [0.1, 0.15) is 43.2 Å². The summed E-state index contributed by atoms with van der Waals surface area (Å²) in [6.07, 6.45) is 6.87. The van der Waals surface area contributed by atoms with Crippen LogP contribution in [0, 0.1) is 17.6 Å². The number of rotatable bonds is 9. The number of benzene rings is 2. The van der Waals surface area contributed by atoms with Gasteiger partial charge in [0.1, 0.15) is 5.82 Å². The van der Waals surface area contributed by atoms with Gasteiger partial charge in [0.2, 0.25) is 5.88 Å². The van der Waals surface area contributed by atoms with Crippen LogP contribution in [-0.4, -0.2) is 32.2 Å². The van der Waals surface area contributed by atoms with Gasteiger partial charge in [-0.3, -0.25) is 4.79 Å². The average molecular weight is 492 g/mol. The molecule has 1 fully saturated rings. The molecule has 6 nitrogen and oxygen atoms in total. The first-order valence-corrected chi connectivity index (χ1v) is 12.2. The number of hydrogen-bond donors (Lipinski definition) is 1. The largest absolute Gasteiger partial charge is 0.481 e. The molecule has 2 aromatic carbocycles. The maximum atomic E-state index is 14.3. The van der Waals surface area contributed by atoms with Crippen molar-refractivity contribution in [2.24, 2.45) is 5.92 Å². The van der Waals surface area contributed by atoms with E-state index in [2.05, 4.69) is 9.97 Å². The summed E-state index contributed by atoms with van der Waals surface area (Å²) >= 11 is 0. The van der Waals surface area contributed by atoms with E-state index in [9.17, 15) is 13.6 Å². The van der Waals surface area contributed by atoms with E-state index >= 15 is 0 Å². The summed E-state index contributed by atoms with van der Waals surface area (Å²) in [5, 5.41) is 8.92. The zero-order valence-electron chi connectivity index (χ0n) is 19.8. The number of aromatic nitrogens is 3. The van der Waals surface area contributed by atoms with Gasteiger partial charge in [0.25, 0.3) is 0 Å². The fourth-order valence-electron chi connectivity index (χ4n) is 4.78. The molecular formula is C28H27F2N3O3. The lowest BCUT2D eigenvalue weighted by Crippen LogP contribution is -2.10. The maximum absolute atomic E-state index is 14.3. The predicted octanol–water partition coefficient (Wildman–Crippen LogP) is 6.01. The van der Waals surface area contributed by atoms with Crippen LogP contribution in [0.2, 0.25) is 0 Å². The first kappa shape index (κ1) is 23.9. The van der Waals surface area contributed by atoms with Gasteiger partial charge in [-0.05, 0) is 48.4 Å². The molecule has 1 saturated carbocycles. The van der Waals surface area contributed by atoms with E-state index in [1.54, 1.807) is 12.3 Å². The maximum Gasteiger partial charge on any atom is 0.303 e. The fraction of sp³-hybridized carbons (Fsp3) is 0.321. The number of hydrogen-bond acceptors (Lipinski definition) is 4. The second-order valence-corrected chi connectivity index (χ2v) is 9.30. The van der Waals surface area contributed by atoms with Crippen LogP contribution < -0.4 is 4.74 Å². The number of halogens is 2. The minimum absolute atomic E-state index is 0.0606. The molecule has 1 aliphatic rings. The molecule has 2 aromatic heterocycles. The normalized spacial score (nSPS) is 13.9. The highest BCUT2D eigenvalue weighted by molar-refractivity contribution is 5.82.